The molecule has 0 saturated carbocycles. The number of hydrogen-bond donors (Lipinski definition) is 0. The van der Waals surface area contributed by atoms with Crippen molar-refractivity contribution in [1.29, 1.82) is 0 Å². The zero-order valence-electron chi connectivity index (χ0n) is 15.5. The van der Waals surface area contributed by atoms with E-state index < -0.39 is 5.82 Å². The highest BCUT2D eigenvalue weighted by atomic mass is 19.1. The molecule has 2 fully saturated rings. The normalized spacial score (nSPS) is 19.5. The molecule has 0 bridgehead atoms. The first kappa shape index (κ1) is 18.0. The minimum Gasteiger partial charge on any atom is -0.354 e. The maximum atomic E-state index is 14.0. The summed E-state index contributed by atoms with van der Waals surface area (Å²) in [5, 5.41) is 0. The van der Waals surface area contributed by atoms with Crippen LogP contribution in [0.1, 0.15) is 31.5 Å². The highest BCUT2D eigenvalue weighted by Crippen LogP contribution is 2.34. The zero-order chi connectivity index (χ0) is 18.8. The van der Waals surface area contributed by atoms with Gasteiger partial charge in [-0.15, -0.1) is 0 Å². The lowest BCUT2D eigenvalue weighted by Crippen LogP contribution is -2.41. The lowest BCUT2D eigenvalue weighted by Gasteiger charge is -2.40. The summed E-state index contributed by atoms with van der Waals surface area (Å²) >= 11 is 0. The van der Waals surface area contributed by atoms with E-state index in [0.29, 0.717) is 29.4 Å². The Hall–Kier alpha value is -2.38. The van der Waals surface area contributed by atoms with Gasteiger partial charge in [0.15, 0.2) is 17.5 Å². The number of aromatic nitrogens is 4. The van der Waals surface area contributed by atoms with Gasteiger partial charge in [-0.3, -0.25) is 0 Å². The summed E-state index contributed by atoms with van der Waals surface area (Å²) in [6.45, 7) is 5.25. The molecule has 4 heterocycles. The molecule has 0 spiro atoms. The Kier molecular flexibility index (Phi) is 5.13. The van der Waals surface area contributed by atoms with Crippen molar-refractivity contribution >= 4 is 11.8 Å². The summed E-state index contributed by atoms with van der Waals surface area (Å²) in [5.74, 6) is 2.22. The zero-order valence-corrected chi connectivity index (χ0v) is 15.5. The molecule has 2 aliphatic heterocycles. The van der Waals surface area contributed by atoms with E-state index in [9.17, 15) is 8.78 Å². The molecule has 8 heteroatoms. The third-order valence-corrected chi connectivity index (χ3v) is 5.78. The number of anilines is 2. The molecule has 2 aliphatic rings. The SMILES string of the molecule is Cc1ncc(F)c(N2CCC(C3CCN(c4ncc(F)cn4)CC3)CC2)n1. The van der Waals surface area contributed by atoms with Crippen LogP contribution in [-0.2, 0) is 0 Å². The van der Waals surface area contributed by atoms with Gasteiger partial charge in [-0.2, -0.15) is 0 Å². The van der Waals surface area contributed by atoms with Crippen molar-refractivity contribution in [3.8, 4) is 0 Å². The molecule has 6 nitrogen and oxygen atoms in total. The van der Waals surface area contributed by atoms with E-state index in [0.717, 1.165) is 51.9 Å². The van der Waals surface area contributed by atoms with E-state index in [1.165, 1.54) is 18.6 Å². The molecule has 144 valence electrons. The minimum absolute atomic E-state index is 0.341. The Balaban J connectivity index is 1.30. The fraction of sp³-hybridized carbons (Fsp3) is 0.579. The van der Waals surface area contributed by atoms with Gasteiger partial charge in [-0.25, -0.2) is 28.7 Å². The van der Waals surface area contributed by atoms with Crippen LogP contribution in [0.4, 0.5) is 20.5 Å². The van der Waals surface area contributed by atoms with Gasteiger partial charge in [0.05, 0.1) is 18.6 Å². The van der Waals surface area contributed by atoms with Gasteiger partial charge in [0.1, 0.15) is 5.82 Å². The molecule has 0 atom stereocenters. The minimum atomic E-state index is -0.407. The topological polar surface area (TPSA) is 58.0 Å². The third kappa shape index (κ3) is 3.99. The van der Waals surface area contributed by atoms with Crippen LogP contribution in [-0.4, -0.2) is 46.1 Å². The van der Waals surface area contributed by atoms with Crippen LogP contribution in [0.5, 0.6) is 0 Å². The second kappa shape index (κ2) is 7.70. The van der Waals surface area contributed by atoms with E-state index in [4.69, 9.17) is 0 Å². The van der Waals surface area contributed by atoms with E-state index in [1.807, 2.05) is 4.90 Å². The number of piperidine rings is 2. The number of aryl methyl sites for hydroxylation is 1. The lowest BCUT2D eigenvalue weighted by atomic mass is 9.79. The molecule has 2 saturated heterocycles. The van der Waals surface area contributed by atoms with Gasteiger partial charge in [0.25, 0.3) is 0 Å². The first-order valence-corrected chi connectivity index (χ1v) is 9.57. The molecule has 4 rings (SSSR count). The van der Waals surface area contributed by atoms with E-state index in [-0.39, 0.29) is 5.82 Å². The van der Waals surface area contributed by atoms with Gasteiger partial charge in [0, 0.05) is 26.2 Å². The van der Waals surface area contributed by atoms with Gasteiger partial charge in [0.2, 0.25) is 5.95 Å². The molecule has 0 radical (unpaired) electrons. The van der Waals surface area contributed by atoms with Crippen LogP contribution >= 0.6 is 0 Å². The first-order valence-electron chi connectivity index (χ1n) is 9.57. The Morgan fingerprint density at radius 1 is 0.815 bits per heavy atom. The van der Waals surface area contributed by atoms with Crippen molar-refractivity contribution in [2.75, 3.05) is 36.0 Å². The molecule has 2 aromatic rings. The summed E-state index contributed by atoms with van der Waals surface area (Å²) in [4.78, 5) is 20.5. The largest absolute Gasteiger partial charge is 0.354 e. The van der Waals surface area contributed by atoms with Crippen molar-refractivity contribution in [3.05, 3.63) is 36.0 Å². The molecular formula is C19H24F2N6. The predicted octanol–water partition coefficient (Wildman–Crippen LogP) is 2.99. The van der Waals surface area contributed by atoms with Crippen LogP contribution < -0.4 is 9.80 Å². The third-order valence-electron chi connectivity index (χ3n) is 5.78. The summed E-state index contributed by atoms with van der Waals surface area (Å²) in [5.41, 5.74) is 0. The lowest BCUT2D eigenvalue weighted by molar-refractivity contribution is 0.231. The fourth-order valence-electron chi connectivity index (χ4n) is 4.29. The van der Waals surface area contributed by atoms with Crippen LogP contribution in [0, 0.1) is 30.4 Å². The summed E-state index contributed by atoms with van der Waals surface area (Å²) in [6.07, 6.45) is 7.99. The van der Waals surface area contributed by atoms with Gasteiger partial charge in [-0.1, -0.05) is 0 Å². The average Bonchev–Trinajstić information content (AvgIpc) is 2.71. The highest BCUT2D eigenvalue weighted by Gasteiger charge is 2.31. The monoisotopic (exact) mass is 374 g/mol. The van der Waals surface area contributed by atoms with Gasteiger partial charge in [-0.05, 0) is 44.4 Å². The van der Waals surface area contributed by atoms with Crippen LogP contribution in [0.15, 0.2) is 18.6 Å². The Morgan fingerprint density at radius 2 is 1.37 bits per heavy atom. The molecule has 0 amide bonds. The number of rotatable bonds is 3. The van der Waals surface area contributed by atoms with Crippen molar-refractivity contribution in [2.45, 2.75) is 32.6 Å². The summed E-state index contributed by atoms with van der Waals surface area (Å²) in [7, 11) is 0. The molecule has 0 N–H and O–H groups in total. The van der Waals surface area contributed by atoms with Gasteiger partial charge >= 0.3 is 0 Å². The maximum absolute atomic E-state index is 14.0. The van der Waals surface area contributed by atoms with Gasteiger partial charge < -0.3 is 9.80 Å². The smallest absolute Gasteiger partial charge is 0.225 e. The molecule has 0 aromatic carbocycles. The van der Waals surface area contributed by atoms with Crippen LogP contribution in [0.2, 0.25) is 0 Å². The number of nitrogens with zero attached hydrogens (tertiary/aromatic N) is 6. The molecule has 27 heavy (non-hydrogen) atoms. The number of hydrogen-bond acceptors (Lipinski definition) is 6. The highest BCUT2D eigenvalue weighted by molar-refractivity contribution is 5.39. The van der Waals surface area contributed by atoms with Crippen molar-refractivity contribution in [2.24, 2.45) is 11.8 Å². The second-order valence-electron chi connectivity index (χ2n) is 7.44. The van der Waals surface area contributed by atoms with Crippen molar-refractivity contribution in [1.82, 2.24) is 19.9 Å². The first-order chi connectivity index (χ1) is 13.1. The fourth-order valence-corrected chi connectivity index (χ4v) is 4.29. The average molecular weight is 374 g/mol. The molecule has 0 aliphatic carbocycles. The summed E-state index contributed by atoms with van der Waals surface area (Å²) in [6, 6.07) is 0. The molecule has 2 aromatic heterocycles. The van der Waals surface area contributed by atoms with E-state index in [1.54, 1.807) is 6.92 Å². The predicted molar refractivity (Wildman–Crippen MR) is 98.6 cm³/mol. The van der Waals surface area contributed by atoms with Crippen molar-refractivity contribution in [3.63, 3.8) is 0 Å². The van der Waals surface area contributed by atoms with Crippen molar-refractivity contribution < 1.29 is 8.78 Å². The summed E-state index contributed by atoms with van der Waals surface area (Å²) < 4.78 is 27.0. The molecule has 0 unspecified atom stereocenters. The van der Waals surface area contributed by atoms with Crippen LogP contribution in [0.3, 0.4) is 0 Å². The Morgan fingerprint density at radius 3 is 1.96 bits per heavy atom. The van der Waals surface area contributed by atoms with Crippen LogP contribution in [0.25, 0.3) is 0 Å². The number of halogens is 2. The quantitative estimate of drug-likeness (QED) is 0.823. The van der Waals surface area contributed by atoms with E-state index >= 15 is 0 Å². The second-order valence-corrected chi connectivity index (χ2v) is 7.44. The standard InChI is InChI=1S/C19H24F2N6/c1-13-22-12-17(21)18(25-13)26-6-2-14(3-7-26)15-4-8-27(9-5-15)19-23-10-16(20)11-24-19/h10-12,14-15H,2-9H2,1H3. The molecular weight excluding hydrogens is 350 g/mol. The Bertz CT molecular complexity index is 768. The van der Waals surface area contributed by atoms with E-state index in [2.05, 4.69) is 24.8 Å². The Labute approximate surface area is 157 Å². The maximum Gasteiger partial charge on any atom is 0.225 e.